The van der Waals surface area contributed by atoms with Crippen LogP contribution in [0, 0.1) is 0 Å². The van der Waals surface area contributed by atoms with Crippen molar-refractivity contribution in [1.29, 1.82) is 0 Å². The number of rotatable bonds is 4. The fourth-order valence-electron chi connectivity index (χ4n) is 2.11. The summed E-state index contributed by atoms with van der Waals surface area (Å²) in [5.74, 6) is -1.09. The number of aromatic nitrogens is 1. The van der Waals surface area contributed by atoms with Crippen molar-refractivity contribution in [2.24, 2.45) is 0 Å². The number of piperidine rings is 1. The monoisotopic (exact) mass is 342 g/mol. The zero-order valence-corrected chi connectivity index (χ0v) is 12.4. The van der Waals surface area contributed by atoms with Crippen LogP contribution < -0.4 is 0 Å². The van der Waals surface area contributed by atoms with Crippen molar-refractivity contribution in [1.82, 2.24) is 9.88 Å². The molecule has 1 saturated heterocycles. The van der Waals surface area contributed by atoms with E-state index in [2.05, 4.69) is 20.9 Å². The number of halogens is 1. The highest BCUT2D eigenvalue weighted by atomic mass is 79.9. The molecular weight excluding hydrogens is 328 g/mol. The first-order chi connectivity index (χ1) is 9.58. The molecule has 0 radical (unpaired) electrons. The number of carboxylic acid groups (broad SMARTS) is 1. The summed E-state index contributed by atoms with van der Waals surface area (Å²) in [5.41, 5.74) is 0.400. The van der Waals surface area contributed by atoms with Crippen LogP contribution in [0.3, 0.4) is 0 Å². The van der Waals surface area contributed by atoms with E-state index in [1.807, 2.05) is 0 Å². The lowest BCUT2D eigenvalue weighted by Gasteiger charge is -2.31. The van der Waals surface area contributed by atoms with Gasteiger partial charge in [-0.1, -0.05) is 0 Å². The largest absolute Gasteiger partial charge is 0.480 e. The summed E-state index contributed by atoms with van der Waals surface area (Å²) in [6, 6.07) is 3.54. The van der Waals surface area contributed by atoms with Crippen LogP contribution >= 0.6 is 15.9 Å². The minimum absolute atomic E-state index is 0.0951. The molecule has 108 valence electrons. The van der Waals surface area contributed by atoms with Gasteiger partial charge in [-0.2, -0.15) is 0 Å². The molecule has 0 spiro atoms. The average molecular weight is 343 g/mol. The summed E-state index contributed by atoms with van der Waals surface area (Å²) in [6.45, 7) is 0.808. The van der Waals surface area contributed by atoms with Crippen LogP contribution in [0.1, 0.15) is 23.3 Å². The third kappa shape index (κ3) is 3.77. The van der Waals surface area contributed by atoms with Gasteiger partial charge in [-0.15, -0.1) is 0 Å². The van der Waals surface area contributed by atoms with E-state index in [1.165, 1.54) is 0 Å². The van der Waals surface area contributed by atoms with Crippen LogP contribution in [0.25, 0.3) is 0 Å². The molecule has 0 saturated carbocycles. The normalized spacial score (nSPS) is 16.1. The van der Waals surface area contributed by atoms with Gasteiger partial charge in [0.1, 0.15) is 12.3 Å². The maximum atomic E-state index is 12.3. The highest BCUT2D eigenvalue weighted by molar-refractivity contribution is 9.10. The van der Waals surface area contributed by atoms with E-state index in [0.29, 0.717) is 36.1 Å². The lowest BCUT2D eigenvalue weighted by molar-refractivity contribution is -0.145. The number of pyridine rings is 1. The van der Waals surface area contributed by atoms with Gasteiger partial charge >= 0.3 is 5.97 Å². The second-order valence-corrected chi connectivity index (χ2v) is 5.38. The molecule has 0 atom stereocenters. The lowest BCUT2D eigenvalue weighted by Crippen LogP contribution is -2.41. The molecule has 1 fully saturated rings. The second kappa shape index (κ2) is 6.81. The predicted octanol–water partition coefficient (Wildman–Crippen LogP) is 1.55. The molecule has 0 aliphatic carbocycles. The number of nitrogens with zero attached hydrogens (tertiary/aromatic N) is 2. The Morgan fingerprint density at radius 1 is 1.45 bits per heavy atom. The van der Waals surface area contributed by atoms with Crippen molar-refractivity contribution in [3.05, 3.63) is 28.5 Å². The van der Waals surface area contributed by atoms with Crippen LogP contribution in [-0.2, 0) is 9.53 Å². The summed E-state index contributed by atoms with van der Waals surface area (Å²) in [7, 11) is 0. The first-order valence-electron chi connectivity index (χ1n) is 6.31. The van der Waals surface area contributed by atoms with E-state index in [-0.39, 0.29) is 18.6 Å². The Hall–Kier alpha value is -1.47. The number of likely N-dealkylation sites (tertiary alicyclic amines) is 1. The Balaban J connectivity index is 1.89. The molecule has 0 bridgehead atoms. The van der Waals surface area contributed by atoms with Gasteiger partial charge in [0, 0.05) is 23.8 Å². The second-order valence-electron chi connectivity index (χ2n) is 4.53. The van der Waals surface area contributed by atoms with Crippen molar-refractivity contribution < 1.29 is 19.4 Å². The minimum atomic E-state index is -0.971. The van der Waals surface area contributed by atoms with E-state index < -0.39 is 5.97 Å². The lowest BCUT2D eigenvalue weighted by atomic mass is 10.1. The van der Waals surface area contributed by atoms with Crippen LogP contribution in [0.15, 0.2) is 22.8 Å². The fourth-order valence-corrected chi connectivity index (χ4v) is 2.53. The van der Waals surface area contributed by atoms with Crippen LogP contribution in [0.2, 0.25) is 0 Å². The number of carboxylic acids is 1. The summed E-state index contributed by atoms with van der Waals surface area (Å²) >= 11 is 3.32. The molecule has 6 nitrogen and oxygen atoms in total. The van der Waals surface area contributed by atoms with Gasteiger partial charge in [0.25, 0.3) is 5.91 Å². The van der Waals surface area contributed by atoms with E-state index in [9.17, 15) is 9.59 Å². The Morgan fingerprint density at radius 3 is 2.75 bits per heavy atom. The molecule has 1 N–H and O–H groups in total. The van der Waals surface area contributed by atoms with Crippen molar-refractivity contribution in [2.45, 2.75) is 18.9 Å². The number of carbonyl (C=O) groups is 2. The smallest absolute Gasteiger partial charge is 0.329 e. The molecule has 1 aromatic rings. The molecule has 2 heterocycles. The summed E-state index contributed by atoms with van der Waals surface area (Å²) < 4.78 is 5.91. The van der Waals surface area contributed by atoms with Gasteiger partial charge in [0.2, 0.25) is 0 Å². The number of hydrogen-bond acceptors (Lipinski definition) is 4. The minimum Gasteiger partial charge on any atom is -0.480 e. The molecule has 1 amide bonds. The third-order valence-electron chi connectivity index (χ3n) is 3.13. The number of aliphatic carboxylic acids is 1. The quantitative estimate of drug-likeness (QED) is 0.897. The zero-order chi connectivity index (χ0) is 14.5. The number of carbonyl (C=O) groups excluding carboxylic acids is 1. The van der Waals surface area contributed by atoms with Crippen molar-refractivity contribution in [3.63, 3.8) is 0 Å². The van der Waals surface area contributed by atoms with E-state index in [0.717, 1.165) is 0 Å². The number of hydrogen-bond donors (Lipinski definition) is 1. The number of ether oxygens (including phenoxy) is 1. The maximum absolute atomic E-state index is 12.3. The summed E-state index contributed by atoms with van der Waals surface area (Å²) in [4.78, 5) is 28.5. The Kier molecular flexibility index (Phi) is 5.08. The van der Waals surface area contributed by atoms with Gasteiger partial charge in [0.15, 0.2) is 0 Å². The molecule has 0 unspecified atom stereocenters. The third-order valence-corrected chi connectivity index (χ3v) is 3.77. The SMILES string of the molecule is O=C(O)COC1CCN(C(=O)c2ncccc2Br)CC1. The highest BCUT2D eigenvalue weighted by Gasteiger charge is 2.26. The van der Waals surface area contributed by atoms with Crippen LogP contribution in [0.4, 0.5) is 0 Å². The number of amides is 1. The Bertz CT molecular complexity index is 501. The topological polar surface area (TPSA) is 79.7 Å². The molecule has 2 rings (SSSR count). The molecule has 1 aliphatic heterocycles. The van der Waals surface area contributed by atoms with E-state index >= 15 is 0 Å². The van der Waals surface area contributed by atoms with Crippen LogP contribution in [0.5, 0.6) is 0 Å². The van der Waals surface area contributed by atoms with Crippen molar-refractivity contribution in [2.75, 3.05) is 19.7 Å². The molecule has 0 aromatic carbocycles. The molecular formula is C13H15BrN2O4. The first kappa shape index (κ1) is 14.9. The standard InChI is InChI=1S/C13H15BrN2O4/c14-10-2-1-5-15-12(10)13(19)16-6-3-9(4-7-16)20-8-11(17)18/h1-2,5,9H,3-4,6-8H2,(H,17,18). The summed E-state index contributed by atoms with van der Waals surface area (Å²) in [5, 5.41) is 8.56. The molecule has 1 aliphatic rings. The Labute approximate surface area is 124 Å². The van der Waals surface area contributed by atoms with E-state index in [1.54, 1.807) is 23.2 Å². The van der Waals surface area contributed by atoms with Crippen molar-refractivity contribution >= 4 is 27.8 Å². The summed E-state index contributed by atoms with van der Waals surface area (Å²) in [6.07, 6.45) is 2.77. The maximum Gasteiger partial charge on any atom is 0.329 e. The van der Waals surface area contributed by atoms with Crippen LogP contribution in [-0.4, -0.2) is 52.7 Å². The zero-order valence-electron chi connectivity index (χ0n) is 10.8. The van der Waals surface area contributed by atoms with Gasteiger partial charge in [-0.25, -0.2) is 9.78 Å². The van der Waals surface area contributed by atoms with Gasteiger partial charge in [0.05, 0.1) is 6.10 Å². The predicted molar refractivity (Wildman–Crippen MR) is 74.5 cm³/mol. The molecule has 20 heavy (non-hydrogen) atoms. The Morgan fingerprint density at radius 2 is 2.15 bits per heavy atom. The highest BCUT2D eigenvalue weighted by Crippen LogP contribution is 2.19. The fraction of sp³-hybridized carbons (Fsp3) is 0.462. The van der Waals surface area contributed by atoms with Crippen molar-refractivity contribution in [3.8, 4) is 0 Å². The van der Waals surface area contributed by atoms with E-state index in [4.69, 9.17) is 9.84 Å². The molecule has 1 aromatic heterocycles. The first-order valence-corrected chi connectivity index (χ1v) is 7.10. The molecule has 7 heteroatoms. The average Bonchev–Trinajstić information content (AvgIpc) is 2.45. The van der Waals surface area contributed by atoms with Gasteiger partial charge < -0.3 is 14.7 Å². The van der Waals surface area contributed by atoms with Gasteiger partial charge in [-0.05, 0) is 40.9 Å². The van der Waals surface area contributed by atoms with Gasteiger partial charge in [-0.3, -0.25) is 4.79 Å².